The third-order valence-electron chi connectivity index (χ3n) is 3.21. The van der Waals surface area contributed by atoms with Crippen molar-refractivity contribution in [3.05, 3.63) is 12.2 Å². The number of carbonyl (C=O) groups is 1. The fourth-order valence-corrected chi connectivity index (χ4v) is 4.05. The highest BCUT2D eigenvalue weighted by Crippen LogP contribution is 2.31. The van der Waals surface area contributed by atoms with E-state index >= 15 is 0 Å². The number of sulfonamides is 1. The lowest BCUT2D eigenvalue weighted by Crippen LogP contribution is -2.39. The molecule has 0 aromatic heterocycles. The van der Waals surface area contributed by atoms with Crippen molar-refractivity contribution in [2.24, 2.45) is 5.92 Å². The first-order chi connectivity index (χ1) is 8.53. The monoisotopic (exact) mass is 275 g/mol. The van der Waals surface area contributed by atoms with Crippen molar-refractivity contribution in [3.8, 4) is 0 Å². The van der Waals surface area contributed by atoms with Crippen molar-refractivity contribution < 1.29 is 17.9 Å². The summed E-state index contributed by atoms with van der Waals surface area (Å²) in [6, 6.07) is 0. The number of hydrogen-bond donors (Lipinski definition) is 1. The molecule has 0 aromatic rings. The normalized spacial score (nSPS) is 24.6. The predicted octanol–water partition coefficient (Wildman–Crippen LogP) is 1.21. The van der Waals surface area contributed by atoms with Crippen LogP contribution in [0.1, 0.15) is 32.6 Å². The first-order valence-electron chi connectivity index (χ1n) is 6.20. The summed E-state index contributed by atoms with van der Waals surface area (Å²) in [6.07, 6.45) is 6.30. The summed E-state index contributed by atoms with van der Waals surface area (Å²) in [5.41, 5.74) is 0. The van der Waals surface area contributed by atoms with Crippen molar-refractivity contribution in [1.82, 2.24) is 4.72 Å². The zero-order valence-corrected chi connectivity index (χ0v) is 11.7. The van der Waals surface area contributed by atoms with Crippen LogP contribution in [0.4, 0.5) is 0 Å². The summed E-state index contributed by atoms with van der Waals surface area (Å²) in [7, 11) is -2.13. The van der Waals surface area contributed by atoms with Gasteiger partial charge in [-0.1, -0.05) is 18.6 Å². The Hall–Kier alpha value is -0.880. The lowest BCUT2D eigenvalue weighted by atomic mass is 10.1. The van der Waals surface area contributed by atoms with E-state index in [9.17, 15) is 13.2 Å². The molecule has 2 atom stereocenters. The van der Waals surface area contributed by atoms with E-state index in [4.69, 9.17) is 0 Å². The van der Waals surface area contributed by atoms with E-state index in [-0.39, 0.29) is 0 Å². The molecule has 1 saturated carbocycles. The maximum Gasteiger partial charge on any atom is 0.310 e. The third kappa shape index (κ3) is 3.81. The van der Waals surface area contributed by atoms with Gasteiger partial charge >= 0.3 is 5.97 Å². The van der Waals surface area contributed by atoms with Crippen LogP contribution in [0.5, 0.6) is 0 Å². The summed E-state index contributed by atoms with van der Waals surface area (Å²) >= 11 is 0. The van der Waals surface area contributed by atoms with Crippen LogP contribution in [0.2, 0.25) is 0 Å². The third-order valence-corrected chi connectivity index (χ3v) is 5.17. The second-order valence-corrected chi connectivity index (χ2v) is 6.38. The minimum atomic E-state index is -3.43. The lowest BCUT2D eigenvalue weighted by molar-refractivity contribution is -0.145. The predicted molar refractivity (Wildman–Crippen MR) is 69.5 cm³/mol. The zero-order chi connectivity index (χ0) is 13.6. The summed E-state index contributed by atoms with van der Waals surface area (Å²) in [4.78, 5) is 11.5. The molecular formula is C12H21NO4S. The molecule has 18 heavy (non-hydrogen) atoms. The lowest BCUT2D eigenvalue weighted by Gasteiger charge is -2.18. The van der Waals surface area contributed by atoms with Crippen molar-refractivity contribution in [1.29, 1.82) is 0 Å². The summed E-state index contributed by atoms with van der Waals surface area (Å²) in [5.74, 6) is -0.939. The van der Waals surface area contributed by atoms with Gasteiger partial charge in [0.05, 0.1) is 18.3 Å². The van der Waals surface area contributed by atoms with Gasteiger partial charge in [0.2, 0.25) is 10.0 Å². The van der Waals surface area contributed by atoms with Gasteiger partial charge in [-0.25, -0.2) is 13.1 Å². The Kier molecular flexibility index (Phi) is 5.81. The standard InChI is InChI=1S/C12H21NO4S/c1-3-4-5-9-13-18(15,16)11-8-6-7-10(11)12(14)17-2/h3-4,10-11,13H,5-9H2,1-2H3/b4-3+. The highest BCUT2D eigenvalue weighted by Gasteiger charge is 2.41. The zero-order valence-electron chi connectivity index (χ0n) is 10.9. The molecule has 0 amide bonds. The van der Waals surface area contributed by atoms with Crippen LogP contribution in [-0.4, -0.2) is 33.3 Å². The van der Waals surface area contributed by atoms with Gasteiger partial charge in [0.25, 0.3) is 0 Å². The Labute approximate surface area is 109 Å². The van der Waals surface area contributed by atoms with Gasteiger partial charge in [0, 0.05) is 6.54 Å². The van der Waals surface area contributed by atoms with E-state index in [1.165, 1.54) is 7.11 Å². The summed E-state index contributed by atoms with van der Waals surface area (Å²) in [6.45, 7) is 2.26. The molecular weight excluding hydrogens is 254 g/mol. The SMILES string of the molecule is C/C=C/CCNS(=O)(=O)C1CCCC1C(=O)OC. The molecule has 6 heteroatoms. The fraction of sp³-hybridized carbons (Fsp3) is 0.750. The van der Waals surface area contributed by atoms with Crippen molar-refractivity contribution >= 4 is 16.0 Å². The Morgan fingerprint density at radius 1 is 1.44 bits per heavy atom. The van der Waals surface area contributed by atoms with Crippen molar-refractivity contribution in [3.63, 3.8) is 0 Å². The molecule has 104 valence electrons. The van der Waals surface area contributed by atoms with Crippen LogP contribution < -0.4 is 4.72 Å². The smallest absolute Gasteiger partial charge is 0.310 e. The van der Waals surface area contributed by atoms with Crippen LogP contribution in [0.15, 0.2) is 12.2 Å². The topological polar surface area (TPSA) is 72.5 Å². The van der Waals surface area contributed by atoms with Gasteiger partial charge in [0.15, 0.2) is 0 Å². The number of esters is 1. The van der Waals surface area contributed by atoms with Crippen molar-refractivity contribution in [2.45, 2.75) is 37.9 Å². The highest BCUT2D eigenvalue weighted by molar-refractivity contribution is 7.90. The van der Waals surface area contributed by atoms with Crippen molar-refractivity contribution in [2.75, 3.05) is 13.7 Å². The number of carbonyl (C=O) groups excluding carboxylic acids is 1. The Morgan fingerprint density at radius 2 is 2.17 bits per heavy atom. The molecule has 1 rings (SSSR count). The first-order valence-corrected chi connectivity index (χ1v) is 7.75. The van der Waals surface area contributed by atoms with Gasteiger partial charge in [-0.15, -0.1) is 0 Å². The van der Waals surface area contributed by atoms with E-state index in [0.29, 0.717) is 25.8 Å². The molecule has 5 nitrogen and oxygen atoms in total. The van der Waals surface area contributed by atoms with Gasteiger partial charge in [-0.3, -0.25) is 4.79 Å². The number of rotatable bonds is 6. The molecule has 0 heterocycles. The molecule has 1 fully saturated rings. The molecule has 1 N–H and O–H groups in total. The molecule has 1 aliphatic carbocycles. The molecule has 0 saturated heterocycles. The molecule has 0 spiro atoms. The van der Waals surface area contributed by atoms with E-state index in [0.717, 1.165) is 6.42 Å². The van der Waals surface area contributed by atoms with Crippen LogP contribution in [0, 0.1) is 5.92 Å². The van der Waals surface area contributed by atoms with E-state index in [2.05, 4.69) is 9.46 Å². The molecule has 1 aliphatic rings. The maximum atomic E-state index is 12.1. The number of ether oxygens (including phenoxy) is 1. The van der Waals surface area contributed by atoms with Crippen LogP contribution in [0.3, 0.4) is 0 Å². The summed E-state index contributed by atoms with van der Waals surface area (Å²) < 4.78 is 31.4. The van der Waals surface area contributed by atoms with Crippen LogP contribution in [-0.2, 0) is 19.6 Å². The average molecular weight is 275 g/mol. The first kappa shape index (κ1) is 15.2. The molecule has 0 radical (unpaired) electrons. The largest absolute Gasteiger partial charge is 0.469 e. The Balaban J connectivity index is 2.63. The van der Waals surface area contributed by atoms with Crippen LogP contribution >= 0.6 is 0 Å². The number of methoxy groups -OCH3 is 1. The quantitative estimate of drug-likeness (QED) is 0.449. The van der Waals surface area contributed by atoms with Gasteiger partial charge in [-0.05, 0) is 26.2 Å². The molecule has 2 unspecified atom stereocenters. The Bertz CT molecular complexity index is 402. The number of nitrogens with one attached hydrogen (secondary N) is 1. The minimum Gasteiger partial charge on any atom is -0.469 e. The second kappa shape index (κ2) is 6.89. The summed E-state index contributed by atoms with van der Waals surface area (Å²) in [5, 5.41) is -0.643. The van der Waals surface area contributed by atoms with Gasteiger partial charge in [0.1, 0.15) is 0 Å². The van der Waals surface area contributed by atoms with Crippen LogP contribution in [0.25, 0.3) is 0 Å². The molecule has 0 bridgehead atoms. The second-order valence-electron chi connectivity index (χ2n) is 4.40. The maximum absolute atomic E-state index is 12.1. The highest BCUT2D eigenvalue weighted by atomic mass is 32.2. The molecule has 0 aliphatic heterocycles. The van der Waals surface area contributed by atoms with E-state index < -0.39 is 27.2 Å². The van der Waals surface area contributed by atoms with Gasteiger partial charge < -0.3 is 4.74 Å². The van der Waals surface area contributed by atoms with E-state index in [1.54, 1.807) is 0 Å². The average Bonchev–Trinajstić information content (AvgIpc) is 2.83. The van der Waals surface area contributed by atoms with Gasteiger partial charge in [-0.2, -0.15) is 0 Å². The fourth-order valence-electron chi connectivity index (χ4n) is 2.28. The number of allylic oxidation sites excluding steroid dienone is 1. The minimum absolute atomic E-state index is 0.372. The Morgan fingerprint density at radius 3 is 2.78 bits per heavy atom. The number of hydrogen-bond acceptors (Lipinski definition) is 4. The molecule has 0 aromatic carbocycles. The van der Waals surface area contributed by atoms with E-state index in [1.807, 2.05) is 19.1 Å².